The minimum atomic E-state index is 0.152. The van der Waals surface area contributed by atoms with Gasteiger partial charge in [0.2, 0.25) is 0 Å². The fourth-order valence-corrected chi connectivity index (χ4v) is 2.36. The summed E-state index contributed by atoms with van der Waals surface area (Å²) in [6, 6.07) is 6.57. The van der Waals surface area contributed by atoms with E-state index in [0.717, 1.165) is 18.8 Å². The summed E-state index contributed by atoms with van der Waals surface area (Å²) in [6.45, 7) is 12.2. The van der Waals surface area contributed by atoms with Gasteiger partial charge in [-0.1, -0.05) is 52.8 Å². The molecular formula is C15H22O. The maximum absolute atomic E-state index is 5.92. The maximum atomic E-state index is 5.92. The lowest BCUT2D eigenvalue weighted by atomic mass is 9.76. The standard InChI is InChI=1S/C15H22O/c1-14(2,3)11-7-6-8-12-13(11)16-10-9-15(12,4)5/h6-8H,9-10H2,1-5H3. The zero-order valence-electron chi connectivity index (χ0n) is 11.1. The van der Waals surface area contributed by atoms with Crippen molar-refractivity contribution in [2.24, 2.45) is 0 Å². The van der Waals surface area contributed by atoms with Gasteiger partial charge in [0.05, 0.1) is 6.61 Å². The van der Waals surface area contributed by atoms with Crippen molar-refractivity contribution in [1.29, 1.82) is 0 Å². The number of ether oxygens (including phenoxy) is 1. The van der Waals surface area contributed by atoms with Crippen LogP contribution in [0.15, 0.2) is 18.2 Å². The van der Waals surface area contributed by atoms with E-state index < -0.39 is 0 Å². The first-order chi connectivity index (χ1) is 7.32. The molecule has 0 saturated heterocycles. The zero-order valence-corrected chi connectivity index (χ0v) is 11.1. The third-order valence-electron chi connectivity index (χ3n) is 3.53. The van der Waals surface area contributed by atoms with E-state index in [1.165, 1.54) is 11.1 Å². The van der Waals surface area contributed by atoms with E-state index in [1.807, 2.05) is 0 Å². The highest BCUT2D eigenvalue weighted by atomic mass is 16.5. The molecule has 0 aromatic heterocycles. The quantitative estimate of drug-likeness (QED) is 0.638. The predicted octanol–water partition coefficient (Wildman–Crippen LogP) is 4.04. The third-order valence-corrected chi connectivity index (χ3v) is 3.53. The first kappa shape index (κ1) is 11.5. The molecule has 16 heavy (non-hydrogen) atoms. The van der Waals surface area contributed by atoms with Crippen molar-refractivity contribution in [2.45, 2.75) is 51.9 Å². The minimum absolute atomic E-state index is 0.152. The van der Waals surface area contributed by atoms with Crippen LogP contribution in [-0.2, 0) is 10.8 Å². The Labute approximate surface area is 98.8 Å². The van der Waals surface area contributed by atoms with Crippen molar-refractivity contribution in [3.05, 3.63) is 29.3 Å². The highest BCUT2D eigenvalue weighted by molar-refractivity contribution is 5.49. The Morgan fingerprint density at radius 3 is 2.50 bits per heavy atom. The number of para-hydroxylation sites is 1. The number of rotatable bonds is 0. The normalized spacial score (nSPS) is 18.8. The van der Waals surface area contributed by atoms with Crippen LogP contribution in [0, 0.1) is 0 Å². The molecule has 0 spiro atoms. The molecule has 0 radical (unpaired) electrons. The molecule has 0 atom stereocenters. The molecule has 2 rings (SSSR count). The molecule has 1 aliphatic rings. The van der Waals surface area contributed by atoms with Gasteiger partial charge in [0.1, 0.15) is 5.75 Å². The molecule has 1 aromatic rings. The molecule has 0 N–H and O–H groups in total. The molecule has 1 nitrogen and oxygen atoms in total. The highest BCUT2D eigenvalue weighted by Gasteiger charge is 2.32. The number of fused-ring (bicyclic) bond motifs is 1. The average molecular weight is 218 g/mol. The number of hydrogen-bond donors (Lipinski definition) is 0. The molecule has 88 valence electrons. The lowest BCUT2D eigenvalue weighted by molar-refractivity contribution is 0.228. The van der Waals surface area contributed by atoms with Gasteiger partial charge in [-0.3, -0.25) is 0 Å². The van der Waals surface area contributed by atoms with Crippen LogP contribution in [0.4, 0.5) is 0 Å². The Kier molecular flexibility index (Phi) is 2.52. The first-order valence-corrected chi connectivity index (χ1v) is 6.09. The zero-order chi connectivity index (χ0) is 12.0. The second kappa shape index (κ2) is 3.51. The Morgan fingerprint density at radius 2 is 1.88 bits per heavy atom. The Morgan fingerprint density at radius 1 is 1.19 bits per heavy atom. The summed E-state index contributed by atoms with van der Waals surface area (Å²) in [5.74, 6) is 1.13. The number of hydrogen-bond acceptors (Lipinski definition) is 1. The molecule has 0 unspecified atom stereocenters. The lowest BCUT2D eigenvalue weighted by Gasteiger charge is -2.35. The Bertz CT molecular complexity index is 382. The van der Waals surface area contributed by atoms with Crippen LogP contribution in [0.5, 0.6) is 5.75 Å². The van der Waals surface area contributed by atoms with Crippen LogP contribution >= 0.6 is 0 Å². The van der Waals surface area contributed by atoms with E-state index in [-0.39, 0.29) is 10.8 Å². The fourth-order valence-electron chi connectivity index (χ4n) is 2.36. The van der Waals surface area contributed by atoms with Gasteiger partial charge in [-0.15, -0.1) is 0 Å². The minimum Gasteiger partial charge on any atom is -0.493 e. The topological polar surface area (TPSA) is 9.23 Å². The summed E-state index contributed by atoms with van der Waals surface area (Å²) < 4.78 is 5.92. The molecule has 1 heteroatoms. The van der Waals surface area contributed by atoms with Crippen molar-refractivity contribution >= 4 is 0 Å². The molecule has 1 aliphatic heterocycles. The van der Waals surface area contributed by atoms with Crippen LogP contribution in [-0.4, -0.2) is 6.61 Å². The van der Waals surface area contributed by atoms with E-state index in [4.69, 9.17) is 4.74 Å². The number of benzene rings is 1. The van der Waals surface area contributed by atoms with E-state index in [1.54, 1.807) is 0 Å². The maximum Gasteiger partial charge on any atom is 0.126 e. The van der Waals surface area contributed by atoms with Gasteiger partial charge in [-0.25, -0.2) is 0 Å². The molecule has 1 aromatic carbocycles. The van der Waals surface area contributed by atoms with Crippen LogP contribution < -0.4 is 4.74 Å². The van der Waals surface area contributed by atoms with Gasteiger partial charge in [0, 0.05) is 5.56 Å². The summed E-state index contributed by atoms with van der Waals surface area (Å²) in [5, 5.41) is 0. The van der Waals surface area contributed by atoms with E-state index in [0.29, 0.717) is 0 Å². The van der Waals surface area contributed by atoms with E-state index in [9.17, 15) is 0 Å². The predicted molar refractivity (Wildman–Crippen MR) is 68.3 cm³/mol. The van der Waals surface area contributed by atoms with Crippen molar-refractivity contribution < 1.29 is 4.74 Å². The largest absolute Gasteiger partial charge is 0.493 e. The van der Waals surface area contributed by atoms with Crippen molar-refractivity contribution in [3.8, 4) is 5.75 Å². The molecule has 0 fully saturated rings. The van der Waals surface area contributed by atoms with Gasteiger partial charge in [0.15, 0.2) is 0 Å². The van der Waals surface area contributed by atoms with Crippen LogP contribution in [0.1, 0.15) is 52.2 Å². The second-order valence-corrected chi connectivity index (χ2v) is 6.41. The monoisotopic (exact) mass is 218 g/mol. The Balaban J connectivity index is 2.61. The molecular weight excluding hydrogens is 196 g/mol. The lowest BCUT2D eigenvalue weighted by Crippen LogP contribution is -2.28. The van der Waals surface area contributed by atoms with Gasteiger partial charge in [-0.2, -0.15) is 0 Å². The van der Waals surface area contributed by atoms with Gasteiger partial charge in [0.25, 0.3) is 0 Å². The summed E-state index contributed by atoms with van der Waals surface area (Å²) in [7, 11) is 0. The summed E-state index contributed by atoms with van der Waals surface area (Å²) in [6.07, 6.45) is 1.10. The van der Waals surface area contributed by atoms with Gasteiger partial charge >= 0.3 is 0 Å². The summed E-state index contributed by atoms with van der Waals surface area (Å²) in [5.41, 5.74) is 3.09. The second-order valence-electron chi connectivity index (χ2n) is 6.41. The van der Waals surface area contributed by atoms with Crippen molar-refractivity contribution in [2.75, 3.05) is 6.61 Å². The smallest absolute Gasteiger partial charge is 0.126 e. The van der Waals surface area contributed by atoms with Crippen LogP contribution in [0.2, 0.25) is 0 Å². The fraction of sp³-hybridized carbons (Fsp3) is 0.600. The van der Waals surface area contributed by atoms with Gasteiger partial charge < -0.3 is 4.74 Å². The van der Waals surface area contributed by atoms with Crippen LogP contribution in [0.25, 0.3) is 0 Å². The third kappa shape index (κ3) is 1.83. The molecule has 0 amide bonds. The highest BCUT2D eigenvalue weighted by Crippen LogP contribution is 2.43. The van der Waals surface area contributed by atoms with Gasteiger partial charge in [-0.05, 0) is 22.8 Å². The van der Waals surface area contributed by atoms with E-state index in [2.05, 4.69) is 52.8 Å². The first-order valence-electron chi connectivity index (χ1n) is 6.09. The summed E-state index contributed by atoms with van der Waals surface area (Å²) in [4.78, 5) is 0. The molecule has 0 bridgehead atoms. The Hall–Kier alpha value is -0.980. The van der Waals surface area contributed by atoms with Crippen molar-refractivity contribution in [1.82, 2.24) is 0 Å². The van der Waals surface area contributed by atoms with Crippen molar-refractivity contribution in [3.63, 3.8) is 0 Å². The molecule has 1 heterocycles. The van der Waals surface area contributed by atoms with Crippen LogP contribution in [0.3, 0.4) is 0 Å². The molecule has 0 saturated carbocycles. The van der Waals surface area contributed by atoms with E-state index >= 15 is 0 Å². The average Bonchev–Trinajstić information content (AvgIpc) is 2.15. The SMILES string of the molecule is CC(C)(C)c1cccc2c1OCCC2(C)C. The molecule has 0 aliphatic carbocycles. The summed E-state index contributed by atoms with van der Waals surface area (Å²) >= 11 is 0.